The number of halogens is 1. The lowest BCUT2D eigenvalue weighted by Crippen LogP contribution is -2.38. The van der Waals surface area contributed by atoms with Crippen LogP contribution in [0.2, 0.25) is 0 Å². The summed E-state index contributed by atoms with van der Waals surface area (Å²) < 4.78 is 15.0. The minimum Gasteiger partial charge on any atom is -0.341 e. The van der Waals surface area contributed by atoms with Crippen LogP contribution in [0.3, 0.4) is 0 Å². The van der Waals surface area contributed by atoms with Gasteiger partial charge in [-0.3, -0.25) is 14.5 Å². The normalized spacial score (nSPS) is 14.2. The zero-order chi connectivity index (χ0) is 19.3. The highest BCUT2D eigenvalue weighted by Gasteiger charge is 2.19. The molecule has 1 aliphatic heterocycles. The summed E-state index contributed by atoms with van der Waals surface area (Å²) in [7, 11) is 0. The first-order chi connectivity index (χ1) is 13.7. The smallest absolute Gasteiger partial charge is 0.244 e. The largest absolute Gasteiger partial charge is 0.341 e. The SMILES string of the molecule is O=C(Cn1nc(-c2ccncc2)cc1Cc1ccc(F)cc1)N1CCCCC1. The molecular formula is C22H23FN4O. The molecule has 1 fully saturated rings. The monoisotopic (exact) mass is 378 g/mol. The molecule has 4 rings (SSSR count). The number of hydrogen-bond donors (Lipinski definition) is 0. The molecule has 0 spiro atoms. The average molecular weight is 378 g/mol. The highest BCUT2D eigenvalue weighted by molar-refractivity contribution is 5.76. The summed E-state index contributed by atoms with van der Waals surface area (Å²) in [4.78, 5) is 18.8. The zero-order valence-electron chi connectivity index (χ0n) is 15.7. The Balaban J connectivity index is 1.61. The molecule has 6 heteroatoms. The zero-order valence-corrected chi connectivity index (χ0v) is 15.7. The maximum Gasteiger partial charge on any atom is 0.244 e. The van der Waals surface area contributed by atoms with Crippen LogP contribution in [-0.2, 0) is 17.8 Å². The van der Waals surface area contributed by atoms with E-state index in [1.54, 1.807) is 29.2 Å². The highest BCUT2D eigenvalue weighted by atomic mass is 19.1. The number of amides is 1. The number of piperidine rings is 1. The minimum absolute atomic E-state index is 0.101. The summed E-state index contributed by atoms with van der Waals surface area (Å²) in [5.41, 5.74) is 3.68. The second-order valence-electron chi connectivity index (χ2n) is 7.16. The summed E-state index contributed by atoms with van der Waals surface area (Å²) in [5, 5.41) is 4.70. The summed E-state index contributed by atoms with van der Waals surface area (Å²) in [6.07, 6.45) is 7.37. The van der Waals surface area contributed by atoms with E-state index in [0.29, 0.717) is 6.42 Å². The number of rotatable bonds is 5. The van der Waals surface area contributed by atoms with Crippen molar-refractivity contribution < 1.29 is 9.18 Å². The number of hydrogen-bond acceptors (Lipinski definition) is 3. The molecule has 0 radical (unpaired) electrons. The van der Waals surface area contributed by atoms with Gasteiger partial charge in [-0.15, -0.1) is 0 Å². The van der Waals surface area contributed by atoms with Crippen molar-refractivity contribution in [2.75, 3.05) is 13.1 Å². The maximum atomic E-state index is 13.2. The van der Waals surface area contributed by atoms with Crippen molar-refractivity contribution in [1.29, 1.82) is 0 Å². The quantitative estimate of drug-likeness (QED) is 0.680. The molecule has 0 saturated carbocycles. The Bertz CT molecular complexity index is 931. The van der Waals surface area contributed by atoms with Gasteiger partial charge in [0.2, 0.25) is 5.91 Å². The number of carbonyl (C=O) groups is 1. The van der Waals surface area contributed by atoms with Gasteiger partial charge in [-0.25, -0.2) is 4.39 Å². The van der Waals surface area contributed by atoms with E-state index in [1.165, 1.54) is 18.6 Å². The van der Waals surface area contributed by atoms with Gasteiger partial charge >= 0.3 is 0 Å². The minimum atomic E-state index is -0.255. The van der Waals surface area contributed by atoms with Crippen LogP contribution in [0, 0.1) is 5.82 Å². The molecule has 1 aromatic carbocycles. The number of benzene rings is 1. The second-order valence-corrected chi connectivity index (χ2v) is 7.16. The van der Waals surface area contributed by atoms with Gasteiger partial charge in [0.15, 0.2) is 0 Å². The van der Waals surface area contributed by atoms with Crippen molar-refractivity contribution >= 4 is 5.91 Å². The summed E-state index contributed by atoms with van der Waals surface area (Å²) in [6.45, 7) is 1.87. The summed E-state index contributed by atoms with van der Waals surface area (Å²) >= 11 is 0. The number of aromatic nitrogens is 3. The maximum absolute atomic E-state index is 13.2. The van der Waals surface area contributed by atoms with E-state index in [-0.39, 0.29) is 18.3 Å². The van der Waals surface area contributed by atoms with Gasteiger partial charge in [0.25, 0.3) is 0 Å². The highest BCUT2D eigenvalue weighted by Crippen LogP contribution is 2.21. The summed E-state index contributed by atoms with van der Waals surface area (Å²) in [6, 6.07) is 12.3. The standard InChI is InChI=1S/C22H23FN4O/c23-19-6-4-17(5-7-19)14-20-15-21(18-8-10-24-11-9-18)25-27(20)16-22(28)26-12-2-1-3-13-26/h4-11,15H,1-3,12-14,16H2. The third-order valence-corrected chi connectivity index (χ3v) is 5.13. The molecule has 144 valence electrons. The molecule has 0 N–H and O–H groups in total. The number of carbonyl (C=O) groups excluding carboxylic acids is 1. The average Bonchev–Trinajstić information content (AvgIpc) is 3.13. The van der Waals surface area contributed by atoms with Crippen molar-refractivity contribution in [3.8, 4) is 11.3 Å². The van der Waals surface area contributed by atoms with Gasteiger partial charge in [-0.05, 0) is 55.2 Å². The van der Waals surface area contributed by atoms with E-state index in [4.69, 9.17) is 5.10 Å². The lowest BCUT2D eigenvalue weighted by molar-refractivity contribution is -0.132. The fraction of sp³-hybridized carbons (Fsp3) is 0.318. The van der Waals surface area contributed by atoms with Crippen LogP contribution < -0.4 is 0 Å². The van der Waals surface area contributed by atoms with Crippen molar-refractivity contribution in [1.82, 2.24) is 19.7 Å². The number of nitrogens with zero attached hydrogens (tertiary/aromatic N) is 4. The fourth-order valence-electron chi connectivity index (χ4n) is 3.58. The molecule has 0 unspecified atom stereocenters. The predicted octanol–water partition coefficient (Wildman–Crippen LogP) is 3.69. The van der Waals surface area contributed by atoms with Crippen LogP contribution in [-0.4, -0.2) is 38.7 Å². The van der Waals surface area contributed by atoms with Crippen LogP contribution in [0.25, 0.3) is 11.3 Å². The van der Waals surface area contributed by atoms with Crippen molar-refractivity contribution in [2.24, 2.45) is 0 Å². The Labute approximate surface area is 163 Å². The van der Waals surface area contributed by atoms with Gasteiger partial charge in [0, 0.05) is 43.2 Å². The molecule has 1 saturated heterocycles. The lowest BCUT2D eigenvalue weighted by atomic mass is 10.1. The van der Waals surface area contributed by atoms with Crippen LogP contribution in [0.15, 0.2) is 54.9 Å². The Morgan fingerprint density at radius 3 is 2.43 bits per heavy atom. The van der Waals surface area contributed by atoms with E-state index in [1.807, 2.05) is 23.1 Å². The molecular weight excluding hydrogens is 355 g/mol. The summed E-state index contributed by atoms with van der Waals surface area (Å²) in [5.74, 6) is -0.153. The number of pyridine rings is 1. The van der Waals surface area contributed by atoms with Gasteiger partial charge in [-0.1, -0.05) is 12.1 Å². The van der Waals surface area contributed by atoms with Crippen molar-refractivity contribution in [2.45, 2.75) is 32.2 Å². The first-order valence-electron chi connectivity index (χ1n) is 9.68. The Kier molecular flexibility index (Phi) is 5.46. The van der Waals surface area contributed by atoms with Crippen LogP contribution in [0.4, 0.5) is 4.39 Å². The van der Waals surface area contributed by atoms with Crippen LogP contribution in [0.5, 0.6) is 0 Å². The van der Waals surface area contributed by atoms with Gasteiger partial charge < -0.3 is 4.90 Å². The van der Waals surface area contributed by atoms with E-state index in [0.717, 1.165) is 48.4 Å². The molecule has 1 aliphatic rings. The number of likely N-dealkylation sites (tertiary alicyclic amines) is 1. The molecule has 3 aromatic rings. The van der Waals surface area contributed by atoms with E-state index in [2.05, 4.69) is 4.98 Å². The van der Waals surface area contributed by atoms with Crippen LogP contribution in [0.1, 0.15) is 30.5 Å². The molecule has 2 aromatic heterocycles. The lowest BCUT2D eigenvalue weighted by Gasteiger charge is -2.26. The first kappa shape index (κ1) is 18.3. The fourth-order valence-corrected chi connectivity index (χ4v) is 3.58. The van der Waals surface area contributed by atoms with Gasteiger partial charge in [0.05, 0.1) is 5.69 Å². The molecule has 3 heterocycles. The van der Waals surface area contributed by atoms with Gasteiger partial charge in [0.1, 0.15) is 12.4 Å². The Morgan fingerprint density at radius 2 is 1.71 bits per heavy atom. The second kappa shape index (κ2) is 8.33. The van der Waals surface area contributed by atoms with Gasteiger partial charge in [-0.2, -0.15) is 5.10 Å². The van der Waals surface area contributed by atoms with E-state index < -0.39 is 0 Å². The molecule has 5 nitrogen and oxygen atoms in total. The van der Waals surface area contributed by atoms with Crippen LogP contribution >= 0.6 is 0 Å². The topological polar surface area (TPSA) is 51.0 Å². The van der Waals surface area contributed by atoms with Crippen molar-refractivity contribution in [3.63, 3.8) is 0 Å². The predicted molar refractivity (Wildman–Crippen MR) is 105 cm³/mol. The van der Waals surface area contributed by atoms with Crippen molar-refractivity contribution in [3.05, 3.63) is 71.9 Å². The first-order valence-corrected chi connectivity index (χ1v) is 9.68. The molecule has 0 bridgehead atoms. The Morgan fingerprint density at radius 1 is 1.00 bits per heavy atom. The molecule has 0 aliphatic carbocycles. The third kappa shape index (κ3) is 4.27. The molecule has 28 heavy (non-hydrogen) atoms. The Hall–Kier alpha value is -3.02. The van der Waals surface area contributed by atoms with E-state index >= 15 is 0 Å². The third-order valence-electron chi connectivity index (χ3n) is 5.13. The van der Waals surface area contributed by atoms with E-state index in [9.17, 15) is 9.18 Å². The molecule has 0 atom stereocenters. The molecule has 1 amide bonds.